The highest BCUT2D eigenvalue weighted by molar-refractivity contribution is 5.98. The standard InChI is InChI=1S/C28H34N8O2/c1-5-34(6-2)19(3)7-8-26(37)20-11-25(32-27(12-20)35-16-22(17-35)38-4)23-15-31-36-10-9-24(33-28(23)36)21-13-29-18-30-14-21/h9-15,18-19,22H,5-8,16-17H2,1-4H3/t19-/m0/s1. The summed E-state index contributed by atoms with van der Waals surface area (Å²) in [6.07, 6.45) is 10.0. The lowest BCUT2D eigenvalue weighted by Gasteiger charge is -2.39. The third kappa shape index (κ3) is 5.27. The van der Waals surface area contributed by atoms with Gasteiger partial charge in [0, 0.05) is 62.4 Å². The van der Waals surface area contributed by atoms with E-state index in [1.54, 1.807) is 30.2 Å². The fourth-order valence-corrected chi connectivity index (χ4v) is 4.91. The fraction of sp³-hybridized carbons (Fsp3) is 0.429. The van der Waals surface area contributed by atoms with Gasteiger partial charge in [-0.2, -0.15) is 5.10 Å². The minimum Gasteiger partial charge on any atom is -0.378 e. The van der Waals surface area contributed by atoms with Crippen LogP contribution in [-0.4, -0.2) is 85.7 Å². The highest BCUT2D eigenvalue weighted by atomic mass is 16.5. The first-order valence-corrected chi connectivity index (χ1v) is 13.2. The summed E-state index contributed by atoms with van der Waals surface area (Å²) in [6, 6.07) is 6.00. The third-order valence-electron chi connectivity index (χ3n) is 7.37. The maximum Gasteiger partial charge on any atom is 0.164 e. The smallest absolute Gasteiger partial charge is 0.164 e. The third-order valence-corrected chi connectivity index (χ3v) is 7.37. The minimum absolute atomic E-state index is 0.115. The zero-order valence-corrected chi connectivity index (χ0v) is 22.4. The molecule has 4 aromatic rings. The van der Waals surface area contributed by atoms with Crippen molar-refractivity contribution in [1.29, 1.82) is 0 Å². The van der Waals surface area contributed by atoms with E-state index >= 15 is 0 Å². The Bertz CT molecular complexity index is 1400. The number of carbonyl (C=O) groups is 1. The van der Waals surface area contributed by atoms with Gasteiger partial charge in [0.05, 0.1) is 29.3 Å². The van der Waals surface area contributed by atoms with E-state index in [0.29, 0.717) is 29.4 Å². The molecule has 0 spiro atoms. The van der Waals surface area contributed by atoms with Gasteiger partial charge >= 0.3 is 0 Å². The number of pyridine rings is 1. The number of fused-ring (bicyclic) bond motifs is 1. The zero-order valence-electron chi connectivity index (χ0n) is 22.4. The Kier molecular flexibility index (Phi) is 7.71. The van der Waals surface area contributed by atoms with Gasteiger partial charge < -0.3 is 14.5 Å². The molecule has 198 valence electrons. The maximum absolute atomic E-state index is 13.4. The molecule has 0 aromatic carbocycles. The summed E-state index contributed by atoms with van der Waals surface area (Å²) >= 11 is 0. The van der Waals surface area contributed by atoms with Gasteiger partial charge in [-0.15, -0.1) is 0 Å². The summed E-state index contributed by atoms with van der Waals surface area (Å²) in [5.41, 5.74) is 4.30. The lowest BCUT2D eigenvalue weighted by Crippen LogP contribution is -2.52. The number of rotatable bonds is 11. The van der Waals surface area contributed by atoms with Crippen LogP contribution in [0.15, 0.2) is 49.3 Å². The Morgan fingerprint density at radius 2 is 1.87 bits per heavy atom. The van der Waals surface area contributed by atoms with Crippen molar-refractivity contribution in [3.05, 3.63) is 54.9 Å². The number of hydrogen-bond acceptors (Lipinski definition) is 9. The lowest BCUT2D eigenvalue weighted by atomic mass is 10.0. The van der Waals surface area contributed by atoms with E-state index in [2.05, 4.69) is 45.6 Å². The van der Waals surface area contributed by atoms with Crippen molar-refractivity contribution >= 4 is 17.2 Å². The maximum atomic E-state index is 13.4. The quantitative estimate of drug-likeness (QED) is 0.277. The number of aromatic nitrogens is 6. The van der Waals surface area contributed by atoms with E-state index in [9.17, 15) is 4.79 Å². The van der Waals surface area contributed by atoms with Gasteiger partial charge in [0.25, 0.3) is 0 Å². The Balaban J connectivity index is 1.49. The highest BCUT2D eigenvalue weighted by Gasteiger charge is 2.29. The first kappa shape index (κ1) is 25.9. The van der Waals surface area contributed by atoms with Crippen molar-refractivity contribution in [3.8, 4) is 22.5 Å². The molecule has 0 N–H and O–H groups in total. The van der Waals surface area contributed by atoms with Crippen LogP contribution in [0.3, 0.4) is 0 Å². The molecule has 1 saturated heterocycles. The average Bonchev–Trinajstić information content (AvgIpc) is 3.35. The number of ether oxygens (including phenoxy) is 1. The number of nitrogens with zero attached hydrogens (tertiary/aromatic N) is 8. The normalized spacial score (nSPS) is 14.7. The van der Waals surface area contributed by atoms with Crippen molar-refractivity contribution in [1.82, 2.24) is 34.4 Å². The molecule has 38 heavy (non-hydrogen) atoms. The molecule has 10 nitrogen and oxygen atoms in total. The van der Waals surface area contributed by atoms with E-state index in [1.165, 1.54) is 6.33 Å². The van der Waals surface area contributed by atoms with Crippen LogP contribution in [0.1, 0.15) is 44.0 Å². The van der Waals surface area contributed by atoms with Crippen molar-refractivity contribution in [2.45, 2.75) is 45.8 Å². The molecule has 0 bridgehead atoms. The Morgan fingerprint density at radius 1 is 1.11 bits per heavy atom. The molecule has 10 heteroatoms. The van der Waals surface area contributed by atoms with Gasteiger partial charge in [0.1, 0.15) is 12.1 Å². The molecule has 0 saturated carbocycles. The van der Waals surface area contributed by atoms with E-state index in [0.717, 1.165) is 55.2 Å². The molecule has 0 amide bonds. The summed E-state index contributed by atoms with van der Waals surface area (Å²) in [4.78, 5) is 36.0. The van der Waals surface area contributed by atoms with Crippen molar-refractivity contribution in [2.75, 3.05) is 38.2 Å². The molecule has 5 rings (SSSR count). The summed E-state index contributed by atoms with van der Waals surface area (Å²) < 4.78 is 7.18. The molecule has 0 radical (unpaired) electrons. The topological polar surface area (TPSA) is 102 Å². The number of hydrogen-bond donors (Lipinski definition) is 0. The minimum atomic E-state index is 0.115. The molecule has 5 heterocycles. The van der Waals surface area contributed by atoms with Gasteiger partial charge in [-0.05, 0) is 44.6 Å². The molecule has 1 aliphatic heterocycles. The van der Waals surface area contributed by atoms with E-state index in [1.807, 2.05) is 24.4 Å². The van der Waals surface area contributed by atoms with Crippen LogP contribution in [-0.2, 0) is 4.74 Å². The van der Waals surface area contributed by atoms with Crippen molar-refractivity contribution in [2.24, 2.45) is 0 Å². The Labute approximate surface area is 222 Å². The lowest BCUT2D eigenvalue weighted by molar-refractivity contribution is 0.0783. The molecule has 1 atom stereocenters. The van der Waals surface area contributed by atoms with E-state index in [-0.39, 0.29) is 11.9 Å². The average molecular weight is 515 g/mol. The Morgan fingerprint density at radius 3 is 2.58 bits per heavy atom. The van der Waals surface area contributed by atoms with Crippen molar-refractivity contribution in [3.63, 3.8) is 0 Å². The van der Waals surface area contributed by atoms with Crippen LogP contribution >= 0.6 is 0 Å². The molecule has 0 aliphatic carbocycles. The van der Waals surface area contributed by atoms with Crippen LogP contribution in [0.25, 0.3) is 28.2 Å². The van der Waals surface area contributed by atoms with E-state index in [4.69, 9.17) is 14.7 Å². The van der Waals surface area contributed by atoms with Crippen LogP contribution in [0.5, 0.6) is 0 Å². The largest absolute Gasteiger partial charge is 0.378 e. The number of methoxy groups -OCH3 is 1. The second-order valence-corrected chi connectivity index (χ2v) is 9.66. The summed E-state index contributed by atoms with van der Waals surface area (Å²) in [6.45, 7) is 9.94. The molecule has 4 aromatic heterocycles. The SMILES string of the molecule is CCN(CC)[C@@H](C)CCC(=O)c1cc(-c2cnn3ccc(-c4cncnc4)nc23)nc(N2CC(OC)C2)c1. The Hall–Kier alpha value is -3.76. The van der Waals surface area contributed by atoms with Gasteiger partial charge in [0.15, 0.2) is 11.4 Å². The van der Waals surface area contributed by atoms with Gasteiger partial charge in [-0.3, -0.25) is 4.79 Å². The van der Waals surface area contributed by atoms with Crippen LogP contribution in [0.2, 0.25) is 0 Å². The molecule has 1 fully saturated rings. The molecular formula is C28H34N8O2. The monoisotopic (exact) mass is 514 g/mol. The zero-order chi connectivity index (χ0) is 26.6. The van der Waals surface area contributed by atoms with Crippen LogP contribution in [0, 0.1) is 0 Å². The predicted molar refractivity (Wildman–Crippen MR) is 146 cm³/mol. The first-order chi connectivity index (χ1) is 18.5. The number of anilines is 1. The summed E-state index contributed by atoms with van der Waals surface area (Å²) in [5, 5.41) is 4.49. The van der Waals surface area contributed by atoms with Crippen LogP contribution < -0.4 is 4.90 Å². The first-order valence-electron chi connectivity index (χ1n) is 13.2. The van der Waals surface area contributed by atoms with Crippen LogP contribution in [0.4, 0.5) is 5.82 Å². The predicted octanol–water partition coefficient (Wildman–Crippen LogP) is 3.78. The highest BCUT2D eigenvalue weighted by Crippen LogP contribution is 2.30. The summed E-state index contributed by atoms with van der Waals surface area (Å²) in [7, 11) is 1.72. The van der Waals surface area contributed by atoms with Gasteiger partial charge in [-0.1, -0.05) is 13.8 Å². The van der Waals surface area contributed by atoms with E-state index < -0.39 is 0 Å². The second-order valence-electron chi connectivity index (χ2n) is 9.66. The van der Waals surface area contributed by atoms with Crippen molar-refractivity contribution < 1.29 is 9.53 Å². The number of ketones is 1. The molecule has 1 aliphatic rings. The fourth-order valence-electron chi connectivity index (χ4n) is 4.91. The number of Topliss-reactive ketones (excluding diaryl/α,β-unsaturated/α-hetero) is 1. The van der Waals surface area contributed by atoms with Gasteiger partial charge in [-0.25, -0.2) is 24.5 Å². The number of carbonyl (C=O) groups excluding carboxylic acids is 1. The van der Waals surface area contributed by atoms with Gasteiger partial charge in [0.2, 0.25) is 0 Å². The molecule has 0 unspecified atom stereocenters. The molecular weight excluding hydrogens is 480 g/mol. The second kappa shape index (κ2) is 11.3. The summed E-state index contributed by atoms with van der Waals surface area (Å²) in [5.74, 6) is 0.882.